The molecule has 0 aromatic heterocycles. The lowest BCUT2D eigenvalue weighted by Gasteiger charge is -2.12. The Balaban J connectivity index is 2.57. The second-order valence-corrected chi connectivity index (χ2v) is 4.93. The summed E-state index contributed by atoms with van der Waals surface area (Å²) in [5, 5.41) is 6.51. The van der Waals surface area contributed by atoms with Gasteiger partial charge in [-0.05, 0) is 30.8 Å². The van der Waals surface area contributed by atoms with Crippen molar-refractivity contribution in [1.82, 2.24) is 5.32 Å². The van der Waals surface area contributed by atoms with Crippen LogP contribution in [0.1, 0.15) is 26.2 Å². The maximum Gasteiger partial charge on any atom is 0.226 e. The number of hydrogen-bond acceptors (Lipinski definition) is 2. The fourth-order valence-electron chi connectivity index (χ4n) is 1.29. The van der Waals surface area contributed by atoms with Crippen molar-refractivity contribution >= 4 is 52.1 Å². The molecule has 1 aromatic rings. The van der Waals surface area contributed by atoms with Crippen molar-refractivity contribution in [1.29, 1.82) is 0 Å². The number of carbonyl (C=O) groups is 1. The lowest BCUT2D eigenvalue weighted by Crippen LogP contribution is -2.34. The highest BCUT2D eigenvalue weighted by molar-refractivity contribution is 7.80. The second-order valence-electron chi connectivity index (χ2n) is 3.70. The van der Waals surface area contributed by atoms with Gasteiger partial charge in [-0.1, -0.05) is 42.6 Å². The number of thiocarbonyl (C=S) groups is 1. The number of halogens is 2. The number of para-hydroxylation sites is 1. The summed E-state index contributed by atoms with van der Waals surface area (Å²) in [5.41, 5.74) is 0.502. The van der Waals surface area contributed by atoms with Crippen LogP contribution < -0.4 is 10.6 Å². The van der Waals surface area contributed by atoms with Gasteiger partial charge >= 0.3 is 0 Å². The van der Waals surface area contributed by atoms with Crippen LogP contribution in [0.25, 0.3) is 0 Å². The number of hydrogen-bond donors (Lipinski definition) is 2. The van der Waals surface area contributed by atoms with Crippen molar-refractivity contribution in [3.8, 4) is 0 Å². The normalized spacial score (nSPS) is 9.94. The van der Waals surface area contributed by atoms with E-state index in [0.29, 0.717) is 22.2 Å². The first-order valence-electron chi connectivity index (χ1n) is 5.59. The Morgan fingerprint density at radius 1 is 1.33 bits per heavy atom. The third-order valence-corrected chi connectivity index (χ3v) is 3.05. The minimum absolute atomic E-state index is 0.113. The number of amides is 1. The van der Waals surface area contributed by atoms with Crippen LogP contribution in [0.4, 0.5) is 5.69 Å². The van der Waals surface area contributed by atoms with Gasteiger partial charge in [0.05, 0.1) is 15.7 Å². The molecule has 0 bridgehead atoms. The molecule has 0 heterocycles. The molecule has 0 radical (unpaired) electrons. The minimum Gasteiger partial charge on any atom is -0.330 e. The Kier molecular flexibility index (Phi) is 6.39. The van der Waals surface area contributed by atoms with Crippen LogP contribution in [0.2, 0.25) is 10.0 Å². The number of anilines is 1. The molecule has 18 heavy (non-hydrogen) atoms. The highest BCUT2D eigenvalue weighted by Gasteiger charge is 2.09. The lowest BCUT2D eigenvalue weighted by molar-refractivity contribution is -0.119. The zero-order chi connectivity index (χ0) is 13.5. The summed E-state index contributed by atoms with van der Waals surface area (Å²) < 4.78 is 0. The standard InChI is InChI=1S/C12H14Cl2N2OS/c1-2-3-7-10(17)15-12(18)16-11-8(13)5-4-6-9(11)14/h4-6H,2-3,7H2,1H3,(H2,15,16,17,18). The van der Waals surface area contributed by atoms with Gasteiger partial charge in [-0.3, -0.25) is 4.79 Å². The Morgan fingerprint density at radius 3 is 2.50 bits per heavy atom. The number of unbranched alkanes of at least 4 members (excludes halogenated alkanes) is 1. The van der Waals surface area contributed by atoms with Gasteiger partial charge in [-0.2, -0.15) is 0 Å². The van der Waals surface area contributed by atoms with Crippen molar-refractivity contribution in [2.75, 3.05) is 5.32 Å². The van der Waals surface area contributed by atoms with E-state index in [-0.39, 0.29) is 11.0 Å². The molecule has 3 nitrogen and oxygen atoms in total. The molecular formula is C12H14Cl2N2OS. The molecule has 98 valence electrons. The summed E-state index contributed by atoms with van der Waals surface area (Å²) in [6, 6.07) is 5.12. The monoisotopic (exact) mass is 304 g/mol. The fraction of sp³-hybridized carbons (Fsp3) is 0.333. The van der Waals surface area contributed by atoms with Crippen LogP contribution >= 0.6 is 35.4 Å². The molecule has 1 rings (SSSR count). The second kappa shape index (κ2) is 7.56. The first-order valence-corrected chi connectivity index (χ1v) is 6.76. The molecule has 1 amide bonds. The molecule has 1 aromatic carbocycles. The minimum atomic E-state index is -0.113. The maximum atomic E-state index is 11.5. The quantitative estimate of drug-likeness (QED) is 0.826. The zero-order valence-corrected chi connectivity index (χ0v) is 12.3. The van der Waals surface area contributed by atoms with Crippen LogP contribution in [0, 0.1) is 0 Å². The highest BCUT2D eigenvalue weighted by Crippen LogP contribution is 2.29. The Morgan fingerprint density at radius 2 is 1.94 bits per heavy atom. The van der Waals surface area contributed by atoms with Crippen molar-refractivity contribution in [3.63, 3.8) is 0 Å². The zero-order valence-electron chi connectivity index (χ0n) is 9.93. The first kappa shape index (κ1) is 15.2. The molecule has 0 saturated heterocycles. The molecule has 0 saturated carbocycles. The van der Waals surface area contributed by atoms with Gasteiger partial charge < -0.3 is 10.6 Å². The van der Waals surface area contributed by atoms with Crippen molar-refractivity contribution in [3.05, 3.63) is 28.2 Å². The van der Waals surface area contributed by atoms with E-state index in [1.165, 1.54) is 0 Å². The van der Waals surface area contributed by atoms with E-state index in [2.05, 4.69) is 10.6 Å². The maximum absolute atomic E-state index is 11.5. The molecule has 0 spiro atoms. The third kappa shape index (κ3) is 4.80. The number of nitrogens with one attached hydrogen (secondary N) is 2. The predicted octanol–water partition coefficient (Wildman–Crippen LogP) is 4.00. The van der Waals surface area contributed by atoms with Crippen LogP contribution in [0.5, 0.6) is 0 Å². The van der Waals surface area contributed by atoms with E-state index >= 15 is 0 Å². The summed E-state index contributed by atoms with van der Waals surface area (Å²) in [7, 11) is 0. The van der Waals surface area contributed by atoms with Crippen LogP contribution in [-0.2, 0) is 4.79 Å². The van der Waals surface area contributed by atoms with E-state index in [9.17, 15) is 4.79 Å². The van der Waals surface area contributed by atoms with E-state index in [4.69, 9.17) is 35.4 Å². The van der Waals surface area contributed by atoms with E-state index in [0.717, 1.165) is 12.8 Å². The Labute approximate surface area is 122 Å². The summed E-state index contributed by atoms with van der Waals surface area (Å²) >= 11 is 17.0. The first-order chi connectivity index (χ1) is 8.54. The largest absolute Gasteiger partial charge is 0.330 e. The van der Waals surface area contributed by atoms with E-state index in [1.54, 1.807) is 18.2 Å². The number of benzene rings is 1. The molecular weight excluding hydrogens is 291 g/mol. The highest BCUT2D eigenvalue weighted by atomic mass is 35.5. The Hall–Kier alpha value is -0.840. The molecule has 0 atom stereocenters. The molecule has 0 aliphatic rings. The molecule has 0 fully saturated rings. The van der Waals surface area contributed by atoms with Gasteiger partial charge in [0.15, 0.2) is 5.11 Å². The van der Waals surface area contributed by atoms with Gasteiger partial charge in [0, 0.05) is 6.42 Å². The lowest BCUT2D eigenvalue weighted by atomic mass is 10.2. The molecule has 0 aliphatic heterocycles. The summed E-state index contributed by atoms with van der Waals surface area (Å²) in [4.78, 5) is 11.5. The molecule has 0 unspecified atom stereocenters. The average Bonchev–Trinajstić information content (AvgIpc) is 2.31. The number of rotatable bonds is 4. The fourth-order valence-corrected chi connectivity index (χ4v) is 2.00. The van der Waals surface area contributed by atoms with Gasteiger partial charge in [0.2, 0.25) is 5.91 Å². The van der Waals surface area contributed by atoms with E-state index < -0.39 is 0 Å². The van der Waals surface area contributed by atoms with Gasteiger partial charge in [-0.25, -0.2) is 0 Å². The SMILES string of the molecule is CCCCC(=O)NC(=S)Nc1c(Cl)cccc1Cl. The topological polar surface area (TPSA) is 41.1 Å². The van der Waals surface area contributed by atoms with Crippen molar-refractivity contribution < 1.29 is 4.79 Å². The van der Waals surface area contributed by atoms with Crippen molar-refractivity contribution in [2.24, 2.45) is 0 Å². The third-order valence-electron chi connectivity index (χ3n) is 2.21. The summed E-state index contributed by atoms with van der Waals surface area (Å²) in [6.45, 7) is 2.02. The average molecular weight is 305 g/mol. The molecule has 0 aliphatic carbocycles. The van der Waals surface area contributed by atoms with Crippen molar-refractivity contribution in [2.45, 2.75) is 26.2 Å². The van der Waals surface area contributed by atoms with Crippen LogP contribution in [0.3, 0.4) is 0 Å². The predicted molar refractivity (Wildman–Crippen MR) is 80.4 cm³/mol. The van der Waals surface area contributed by atoms with Gasteiger partial charge in [0.25, 0.3) is 0 Å². The Bertz CT molecular complexity index is 431. The van der Waals surface area contributed by atoms with E-state index in [1.807, 2.05) is 6.92 Å². The molecule has 2 N–H and O–H groups in total. The van der Waals surface area contributed by atoms with Gasteiger partial charge in [0.1, 0.15) is 0 Å². The van der Waals surface area contributed by atoms with Crippen LogP contribution in [-0.4, -0.2) is 11.0 Å². The van der Waals surface area contributed by atoms with Gasteiger partial charge in [-0.15, -0.1) is 0 Å². The molecule has 6 heteroatoms. The summed E-state index contributed by atoms with van der Waals surface area (Å²) in [5.74, 6) is -0.113. The smallest absolute Gasteiger partial charge is 0.226 e. The summed E-state index contributed by atoms with van der Waals surface area (Å²) in [6.07, 6.45) is 2.25. The van der Waals surface area contributed by atoms with Crippen LogP contribution in [0.15, 0.2) is 18.2 Å². The number of carbonyl (C=O) groups excluding carboxylic acids is 1.